The molecule has 0 radical (unpaired) electrons. The number of nitrogens with one attached hydrogen (secondary N) is 1. The molecule has 1 saturated heterocycles. The topological polar surface area (TPSA) is 64.3 Å². The highest BCUT2D eigenvalue weighted by atomic mass is 16.3. The molecule has 7 nitrogen and oxygen atoms in total. The summed E-state index contributed by atoms with van der Waals surface area (Å²) in [6.07, 6.45) is 7.11. The van der Waals surface area contributed by atoms with Crippen LogP contribution in [0.15, 0.2) is 27.8 Å². The van der Waals surface area contributed by atoms with Crippen molar-refractivity contribution in [1.82, 2.24) is 20.0 Å². The number of piperazine rings is 1. The zero-order valence-corrected chi connectivity index (χ0v) is 16.3. The molecule has 148 valence electrons. The minimum Gasteiger partial charge on any atom is -0.459 e. The fourth-order valence-electron chi connectivity index (χ4n) is 3.82. The van der Waals surface area contributed by atoms with E-state index in [0.717, 1.165) is 44.1 Å². The van der Waals surface area contributed by atoms with Crippen LogP contribution in [0.5, 0.6) is 0 Å². The summed E-state index contributed by atoms with van der Waals surface area (Å²) < 4.78 is 5.23. The first kappa shape index (κ1) is 18.3. The van der Waals surface area contributed by atoms with Gasteiger partial charge in [0.15, 0.2) is 11.7 Å². The monoisotopic (exact) mass is 373 g/mol. The molecule has 3 fully saturated rings. The lowest BCUT2D eigenvalue weighted by atomic mass is 10.3. The van der Waals surface area contributed by atoms with Crippen LogP contribution in [0.2, 0.25) is 0 Å². The normalized spacial score (nSPS) is 21.0. The lowest BCUT2D eigenvalue weighted by Gasteiger charge is -2.36. The molecule has 27 heavy (non-hydrogen) atoms. The Morgan fingerprint density at radius 1 is 1.22 bits per heavy atom. The second-order valence-electron chi connectivity index (χ2n) is 7.90. The van der Waals surface area contributed by atoms with Gasteiger partial charge in [0.2, 0.25) is 0 Å². The third kappa shape index (κ3) is 4.83. The summed E-state index contributed by atoms with van der Waals surface area (Å²) in [6, 6.07) is 4.30. The highest BCUT2D eigenvalue weighted by Gasteiger charge is 2.33. The number of amides is 1. The van der Waals surface area contributed by atoms with Crippen LogP contribution in [-0.4, -0.2) is 85.5 Å². The van der Waals surface area contributed by atoms with Crippen molar-refractivity contribution in [2.24, 2.45) is 10.9 Å². The smallest absolute Gasteiger partial charge is 0.289 e. The van der Waals surface area contributed by atoms with Gasteiger partial charge in [0.1, 0.15) is 0 Å². The molecule has 0 aromatic carbocycles. The second-order valence-corrected chi connectivity index (χ2v) is 7.90. The van der Waals surface area contributed by atoms with Crippen molar-refractivity contribution < 1.29 is 9.21 Å². The van der Waals surface area contributed by atoms with Gasteiger partial charge in [0.05, 0.1) is 6.26 Å². The lowest BCUT2D eigenvalue weighted by molar-refractivity contribution is 0.0657. The maximum absolute atomic E-state index is 12.4. The number of hydrogen-bond acceptors (Lipinski definition) is 4. The third-order valence-corrected chi connectivity index (χ3v) is 5.75. The molecule has 0 bridgehead atoms. The van der Waals surface area contributed by atoms with E-state index in [-0.39, 0.29) is 5.91 Å². The van der Waals surface area contributed by atoms with E-state index < -0.39 is 0 Å². The molecule has 3 aliphatic rings. The van der Waals surface area contributed by atoms with Gasteiger partial charge in [-0.05, 0) is 43.7 Å². The minimum atomic E-state index is -0.0252. The summed E-state index contributed by atoms with van der Waals surface area (Å²) in [4.78, 5) is 23.6. The van der Waals surface area contributed by atoms with Crippen LogP contribution in [0, 0.1) is 5.92 Å². The number of rotatable bonds is 7. The van der Waals surface area contributed by atoms with Gasteiger partial charge in [0, 0.05) is 58.9 Å². The van der Waals surface area contributed by atoms with Crippen LogP contribution in [0.4, 0.5) is 0 Å². The molecule has 1 aromatic rings. The zero-order valence-electron chi connectivity index (χ0n) is 16.3. The van der Waals surface area contributed by atoms with E-state index in [0.29, 0.717) is 18.8 Å². The molecule has 4 rings (SSSR count). The van der Waals surface area contributed by atoms with Crippen molar-refractivity contribution in [2.75, 3.05) is 52.9 Å². The van der Waals surface area contributed by atoms with Gasteiger partial charge in [-0.15, -0.1) is 0 Å². The first-order valence-electron chi connectivity index (χ1n) is 10.3. The van der Waals surface area contributed by atoms with Crippen LogP contribution < -0.4 is 5.32 Å². The highest BCUT2D eigenvalue weighted by Crippen LogP contribution is 2.34. The maximum atomic E-state index is 12.4. The largest absolute Gasteiger partial charge is 0.459 e. The standard InChI is InChI=1S/C20H31N5O2/c1-21-20(22-8-9-25(17-6-7-17)15-16-4-5-16)24-12-10-23(11-13-24)19(26)18-3-2-14-27-18/h2-3,14,16-17H,4-13,15H2,1H3,(H,21,22). The molecular formula is C20H31N5O2. The molecule has 1 aliphatic heterocycles. The van der Waals surface area contributed by atoms with Gasteiger partial charge in [0.25, 0.3) is 5.91 Å². The molecule has 1 N–H and O–H groups in total. The highest BCUT2D eigenvalue weighted by molar-refractivity contribution is 5.91. The Kier molecular flexibility index (Phi) is 5.66. The molecule has 0 spiro atoms. The van der Waals surface area contributed by atoms with Gasteiger partial charge < -0.3 is 19.5 Å². The molecular weight excluding hydrogens is 342 g/mol. The lowest BCUT2D eigenvalue weighted by Crippen LogP contribution is -2.54. The van der Waals surface area contributed by atoms with Crippen LogP contribution in [-0.2, 0) is 0 Å². The van der Waals surface area contributed by atoms with Crippen molar-refractivity contribution in [2.45, 2.75) is 31.7 Å². The Bertz CT molecular complexity index is 643. The number of guanidine groups is 1. The fraction of sp³-hybridized carbons (Fsp3) is 0.700. The minimum absolute atomic E-state index is 0.0252. The van der Waals surface area contributed by atoms with Gasteiger partial charge in [-0.3, -0.25) is 14.7 Å². The molecule has 2 saturated carbocycles. The van der Waals surface area contributed by atoms with Crippen LogP contribution in [0.25, 0.3) is 0 Å². The summed E-state index contributed by atoms with van der Waals surface area (Å²) in [6.45, 7) is 6.27. The Morgan fingerprint density at radius 2 is 1.96 bits per heavy atom. The van der Waals surface area contributed by atoms with E-state index in [1.807, 2.05) is 11.9 Å². The van der Waals surface area contributed by atoms with Crippen molar-refractivity contribution >= 4 is 11.9 Å². The van der Waals surface area contributed by atoms with Crippen LogP contribution in [0.1, 0.15) is 36.2 Å². The van der Waals surface area contributed by atoms with Crippen LogP contribution in [0.3, 0.4) is 0 Å². The number of aliphatic imine (C=N–C) groups is 1. The maximum Gasteiger partial charge on any atom is 0.289 e. The van der Waals surface area contributed by atoms with Gasteiger partial charge in [-0.2, -0.15) is 0 Å². The fourth-order valence-corrected chi connectivity index (χ4v) is 3.82. The van der Waals surface area contributed by atoms with Gasteiger partial charge in [-0.25, -0.2) is 0 Å². The van der Waals surface area contributed by atoms with Gasteiger partial charge >= 0.3 is 0 Å². The van der Waals surface area contributed by atoms with E-state index in [2.05, 4.69) is 20.1 Å². The van der Waals surface area contributed by atoms with E-state index in [1.54, 1.807) is 18.4 Å². The van der Waals surface area contributed by atoms with Crippen molar-refractivity contribution in [3.8, 4) is 0 Å². The molecule has 0 unspecified atom stereocenters. The van der Waals surface area contributed by atoms with Crippen molar-refractivity contribution in [3.63, 3.8) is 0 Å². The van der Waals surface area contributed by atoms with E-state index in [1.165, 1.54) is 32.2 Å². The predicted octanol–water partition coefficient (Wildman–Crippen LogP) is 1.49. The Morgan fingerprint density at radius 3 is 2.56 bits per heavy atom. The summed E-state index contributed by atoms with van der Waals surface area (Å²) in [7, 11) is 1.84. The number of hydrogen-bond donors (Lipinski definition) is 1. The molecule has 1 amide bonds. The van der Waals surface area contributed by atoms with Gasteiger partial charge in [-0.1, -0.05) is 0 Å². The second kappa shape index (κ2) is 8.33. The summed E-state index contributed by atoms with van der Waals surface area (Å²) >= 11 is 0. The van der Waals surface area contributed by atoms with Crippen LogP contribution >= 0.6 is 0 Å². The summed E-state index contributed by atoms with van der Waals surface area (Å²) in [5.41, 5.74) is 0. The number of nitrogens with zero attached hydrogens (tertiary/aromatic N) is 4. The number of carbonyl (C=O) groups is 1. The van der Waals surface area contributed by atoms with E-state index in [4.69, 9.17) is 4.42 Å². The SMILES string of the molecule is CN=C(NCCN(CC1CC1)C1CC1)N1CCN(C(=O)c2ccco2)CC1. The van der Waals surface area contributed by atoms with E-state index >= 15 is 0 Å². The first-order valence-corrected chi connectivity index (χ1v) is 10.3. The molecule has 2 heterocycles. The average molecular weight is 374 g/mol. The summed E-state index contributed by atoms with van der Waals surface area (Å²) in [5, 5.41) is 3.53. The quantitative estimate of drug-likeness (QED) is 0.579. The first-order chi connectivity index (χ1) is 13.2. The molecule has 7 heteroatoms. The third-order valence-electron chi connectivity index (χ3n) is 5.75. The predicted molar refractivity (Wildman–Crippen MR) is 105 cm³/mol. The Hall–Kier alpha value is -2.02. The molecule has 1 aromatic heterocycles. The average Bonchev–Trinajstić information content (AvgIpc) is 3.63. The Balaban J connectivity index is 1.21. The molecule has 0 atom stereocenters. The number of carbonyl (C=O) groups excluding carboxylic acids is 1. The van der Waals surface area contributed by atoms with E-state index in [9.17, 15) is 4.79 Å². The molecule has 2 aliphatic carbocycles. The van der Waals surface area contributed by atoms with Crippen molar-refractivity contribution in [3.05, 3.63) is 24.2 Å². The summed E-state index contributed by atoms with van der Waals surface area (Å²) in [5.74, 6) is 2.29. The van der Waals surface area contributed by atoms with Crippen molar-refractivity contribution in [1.29, 1.82) is 0 Å². The number of furan rings is 1. The Labute approximate surface area is 161 Å². The zero-order chi connectivity index (χ0) is 18.6.